The Morgan fingerprint density at radius 1 is 0.919 bits per heavy atom. The molecule has 0 saturated carbocycles. The minimum absolute atomic E-state index is 0.0851. The number of aliphatic carboxylic acids is 1. The number of carboxylic acid groups (broad SMARTS) is 1. The summed E-state index contributed by atoms with van der Waals surface area (Å²) in [6.45, 7) is 3.35. The number of carbonyl (C=O) groups excluding carboxylic acids is 4. The van der Waals surface area contributed by atoms with Crippen molar-refractivity contribution in [3.05, 3.63) is 29.8 Å². The van der Waals surface area contributed by atoms with Gasteiger partial charge in [0.2, 0.25) is 23.6 Å². The van der Waals surface area contributed by atoms with Crippen molar-refractivity contribution in [3.63, 3.8) is 0 Å². The van der Waals surface area contributed by atoms with Crippen LogP contribution in [-0.4, -0.2) is 76.0 Å². The number of benzene rings is 1. The second-order valence-corrected chi connectivity index (χ2v) is 9.94. The van der Waals surface area contributed by atoms with Crippen LogP contribution in [0, 0.1) is 5.92 Å². The summed E-state index contributed by atoms with van der Waals surface area (Å²) < 4.78 is 0. The number of carbonyl (C=O) groups is 5. The fourth-order valence-electron chi connectivity index (χ4n) is 3.36. The summed E-state index contributed by atoms with van der Waals surface area (Å²) in [5.41, 5.74) is 11.8. The predicted octanol–water partition coefficient (Wildman–Crippen LogP) is -0.524. The number of hydrogen-bond donors (Lipinski definition) is 7. The summed E-state index contributed by atoms with van der Waals surface area (Å²) in [6.07, 6.45) is 1.87. The van der Waals surface area contributed by atoms with Crippen LogP contribution in [0.15, 0.2) is 24.3 Å². The zero-order valence-electron chi connectivity index (χ0n) is 21.2. The van der Waals surface area contributed by atoms with Crippen molar-refractivity contribution in [1.82, 2.24) is 16.0 Å². The van der Waals surface area contributed by atoms with Gasteiger partial charge in [-0.2, -0.15) is 11.8 Å². The van der Waals surface area contributed by atoms with Gasteiger partial charge in [-0.15, -0.1) is 0 Å². The maximum atomic E-state index is 13.1. The van der Waals surface area contributed by atoms with Crippen LogP contribution in [0.1, 0.15) is 38.7 Å². The Labute approximate surface area is 220 Å². The van der Waals surface area contributed by atoms with Crippen molar-refractivity contribution in [3.8, 4) is 5.75 Å². The molecule has 1 rings (SSSR count). The van der Waals surface area contributed by atoms with Crippen LogP contribution in [0.2, 0.25) is 0 Å². The molecule has 0 aliphatic heterocycles. The lowest BCUT2D eigenvalue weighted by Gasteiger charge is -2.27. The van der Waals surface area contributed by atoms with Crippen LogP contribution in [0.3, 0.4) is 0 Å². The highest BCUT2D eigenvalue weighted by Gasteiger charge is 2.32. The minimum Gasteiger partial charge on any atom is -0.508 e. The van der Waals surface area contributed by atoms with Crippen molar-refractivity contribution >= 4 is 41.4 Å². The first-order valence-corrected chi connectivity index (χ1v) is 13.2. The molecule has 206 valence electrons. The second kappa shape index (κ2) is 15.7. The van der Waals surface area contributed by atoms with Crippen LogP contribution < -0.4 is 27.4 Å². The molecule has 0 spiro atoms. The number of thioether (sulfide) groups is 1. The highest BCUT2D eigenvalue weighted by molar-refractivity contribution is 7.98. The number of rotatable bonds is 16. The van der Waals surface area contributed by atoms with E-state index in [-0.39, 0.29) is 31.4 Å². The third-order valence-electron chi connectivity index (χ3n) is 5.51. The lowest BCUT2D eigenvalue weighted by molar-refractivity contribution is -0.143. The molecule has 1 aromatic carbocycles. The molecule has 0 bridgehead atoms. The highest BCUT2D eigenvalue weighted by atomic mass is 32.2. The van der Waals surface area contributed by atoms with E-state index in [1.54, 1.807) is 26.0 Å². The number of nitrogens with two attached hydrogens (primary N) is 2. The van der Waals surface area contributed by atoms with Gasteiger partial charge in [0.05, 0.1) is 6.04 Å². The highest BCUT2D eigenvalue weighted by Crippen LogP contribution is 2.12. The molecule has 0 fully saturated rings. The second-order valence-electron chi connectivity index (χ2n) is 8.95. The monoisotopic (exact) mass is 539 g/mol. The molecule has 1 aromatic rings. The first-order valence-electron chi connectivity index (χ1n) is 11.8. The first kappa shape index (κ1) is 31.7. The van der Waals surface area contributed by atoms with Gasteiger partial charge in [0, 0.05) is 6.42 Å². The number of hydrogen-bond acceptors (Lipinski definition) is 8. The molecule has 4 unspecified atom stereocenters. The zero-order valence-corrected chi connectivity index (χ0v) is 22.0. The summed E-state index contributed by atoms with van der Waals surface area (Å²) in [5.74, 6) is -3.74. The summed E-state index contributed by atoms with van der Waals surface area (Å²) in [4.78, 5) is 61.2. The SMILES string of the molecule is CSCCC(NC(=O)C(N)Cc1ccc(O)cc1)C(=O)NC(C(=O)NC(CCC(N)=O)C(=O)O)C(C)C. The number of phenolic OH excluding ortho intramolecular Hbond substituents is 1. The van der Waals surface area contributed by atoms with Crippen molar-refractivity contribution in [2.24, 2.45) is 17.4 Å². The number of nitrogens with one attached hydrogen (secondary N) is 3. The average Bonchev–Trinajstić information content (AvgIpc) is 2.83. The van der Waals surface area contributed by atoms with Crippen molar-refractivity contribution < 1.29 is 34.2 Å². The molecule has 4 atom stereocenters. The number of amides is 4. The van der Waals surface area contributed by atoms with E-state index in [1.165, 1.54) is 23.9 Å². The van der Waals surface area contributed by atoms with Gasteiger partial charge in [0.15, 0.2) is 0 Å². The van der Waals surface area contributed by atoms with E-state index >= 15 is 0 Å². The molecule has 4 amide bonds. The Kier molecular flexibility index (Phi) is 13.5. The molecular formula is C24H37N5O7S. The molecular weight excluding hydrogens is 502 g/mol. The number of carboxylic acids is 1. The van der Waals surface area contributed by atoms with E-state index in [2.05, 4.69) is 16.0 Å². The number of primary amides is 1. The lowest BCUT2D eigenvalue weighted by atomic mass is 10.0. The standard InChI is InChI=1S/C24H37N5O7S/c1-13(2)20(23(34)28-18(24(35)36)8-9-19(26)31)29-22(33)17(10-11-37-3)27-21(32)16(25)12-14-4-6-15(30)7-5-14/h4-7,13,16-18,20,30H,8-12,25H2,1-3H3,(H2,26,31)(H,27,32)(H,28,34)(H,29,33)(H,35,36). The predicted molar refractivity (Wildman–Crippen MR) is 139 cm³/mol. The van der Waals surface area contributed by atoms with Crippen LogP contribution in [0.5, 0.6) is 5.75 Å². The van der Waals surface area contributed by atoms with Crippen LogP contribution in [0.4, 0.5) is 0 Å². The van der Waals surface area contributed by atoms with Gasteiger partial charge < -0.3 is 37.6 Å². The Hall–Kier alpha value is -3.32. The molecule has 0 heterocycles. The average molecular weight is 540 g/mol. The van der Waals surface area contributed by atoms with Gasteiger partial charge in [0.25, 0.3) is 0 Å². The van der Waals surface area contributed by atoms with E-state index in [1.807, 2.05) is 6.26 Å². The van der Waals surface area contributed by atoms with Gasteiger partial charge in [-0.3, -0.25) is 19.2 Å². The minimum atomic E-state index is -1.36. The largest absolute Gasteiger partial charge is 0.508 e. The summed E-state index contributed by atoms with van der Waals surface area (Å²) in [6, 6.07) is 1.85. The first-order chi connectivity index (χ1) is 17.3. The van der Waals surface area contributed by atoms with E-state index < -0.39 is 59.7 Å². The van der Waals surface area contributed by atoms with Gasteiger partial charge in [-0.1, -0.05) is 26.0 Å². The van der Waals surface area contributed by atoms with Gasteiger partial charge in [-0.25, -0.2) is 4.79 Å². The van der Waals surface area contributed by atoms with Gasteiger partial charge in [0.1, 0.15) is 23.9 Å². The summed E-state index contributed by atoms with van der Waals surface area (Å²) in [7, 11) is 0. The van der Waals surface area contributed by atoms with Crippen molar-refractivity contribution in [2.45, 2.75) is 63.7 Å². The molecule has 0 aliphatic carbocycles. The van der Waals surface area contributed by atoms with E-state index in [9.17, 15) is 34.2 Å². The molecule has 0 radical (unpaired) electrons. The topological polar surface area (TPSA) is 214 Å². The molecule has 13 heteroatoms. The lowest BCUT2D eigenvalue weighted by Crippen LogP contribution is -2.58. The molecule has 0 aromatic heterocycles. The molecule has 12 nitrogen and oxygen atoms in total. The van der Waals surface area contributed by atoms with Crippen LogP contribution >= 0.6 is 11.8 Å². The van der Waals surface area contributed by atoms with E-state index in [4.69, 9.17) is 11.5 Å². The third kappa shape index (κ3) is 11.5. The van der Waals surface area contributed by atoms with Gasteiger partial charge in [-0.05, 0) is 54.9 Å². The number of aromatic hydroxyl groups is 1. The van der Waals surface area contributed by atoms with Gasteiger partial charge >= 0.3 is 5.97 Å². The number of phenols is 1. The quantitative estimate of drug-likeness (QED) is 0.144. The van der Waals surface area contributed by atoms with E-state index in [0.29, 0.717) is 5.75 Å². The Balaban J connectivity index is 2.90. The van der Waals surface area contributed by atoms with E-state index in [0.717, 1.165) is 5.56 Å². The summed E-state index contributed by atoms with van der Waals surface area (Å²) in [5, 5.41) is 26.4. The maximum Gasteiger partial charge on any atom is 0.326 e. The zero-order chi connectivity index (χ0) is 28.1. The van der Waals surface area contributed by atoms with Crippen LogP contribution in [-0.2, 0) is 30.4 Å². The fraction of sp³-hybridized carbons (Fsp3) is 0.542. The molecule has 0 aliphatic rings. The smallest absolute Gasteiger partial charge is 0.326 e. The Bertz CT molecular complexity index is 942. The molecule has 0 saturated heterocycles. The van der Waals surface area contributed by atoms with Crippen LogP contribution in [0.25, 0.3) is 0 Å². The van der Waals surface area contributed by atoms with Crippen molar-refractivity contribution in [1.29, 1.82) is 0 Å². The Morgan fingerprint density at radius 3 is 2.03 bits per heavy atom. The molecule has 37 heavy (non-hydrogen) atoms. The Morgan fingerprint density at radius 2 is 1.51 bits per heavy atom. The fourth-order valence-corrected chi connectivity index (χ4v) is 3.83. The third-order valence-corrected chi connectivity index (χ3v) is 6.16. The normalized spacial score (nSPS) is 14.2. The van der Waals surface area contributed by atoms with Crippen molar-refractivity contribution in [2.75, 3.05) is 12.0 Å². The summed E-state index contributed by atoms with van der Waals surface area (Å²) >= 11 is 1.47. The maximum absolute atomic E-state index is 13.1. The molecule has 9 N–H and O–H groups in total.